The van der Waals surface area contributed by atoms with E-state index in [1.807, 2.05) is 13.8 Å². The van der Waals surface area contributed by atoms with Crippen molar-refractivity contribution in [2.45, 2.75) is 33.1 Å². The third kappa shape index (κ3) is 10.5. The molecule has 0 aromatic rings. The van der Waals surface area contributed by atoms with Crippen LogP contribution in [-0.4, -0.2) is 13.2 Å². The molecular formula is C7H16NiO4P. The first kappa shape index (κ1) is 16.0. The fourth-order valence-electron chi connectivity index (χ4n) is 0.561. The molecule has 0 spiro atoms. The predicted octanol–water partition coefficient (Wildman–Crippen LogP) is 1.70. The molecular weight excluding hydrogens is 238 g/mol. The van der Waals surface area contributed by atoms with Crippen LogP contribution in [0.2, 0.25) is 0 Å². The Hall–Kier alpha value is 0.604. The molecule has 1 unspecified atom stereocenters. The number of hydrogen-bond donors (Lipinski definition) is 0. The van der Waals surface area contributed by atoms with Crippen LogP contribution >= 0.6 is 7.82 Å². The van der Waals surface area contributed by atoms with Crippen molar-refractivity contribution in [3.8, 4) is 0 Å². The van der Waals surface area contributed by atoms with Gasteiger partial charge >= 0.3 is 16.5 Å². The Morgan fingerprint density at radius 3 is 2.15 bits per heavy atom. The van der Waals surface area contributed by atoms with Crippen molar-refractivity contribution < 1.29 is 35.0 Å². The number of phosphoric ester groups is 1. The zero-order chi connectivity index (χ0) is 9.45. The Balaban J connectivity index is 0. The topological polar surface area (TPSA) is 58.6 Å². The third-order valence-corrected chi connectivity index (χ3v) is 2.20. The Labute approximate surface area is 89.5 Å². The molecule has 0 amide bonds. The van der Waals surface area contributed by atoms with Crippen LogP contribution in [0.1, 0.15) is 33.1 Å². The van der Waals surface area contributed by atoms with E-state index < -0.39 is 7.82 Å². The van der Waals surface area contributed by atoms with E-state index in [1.165, 1.54) is 0 Å². The van der Waals surface area contributed by atoms with E-state index in [4.69, 9.17) is 0 Å². The van der Waals surface area contributed by atoms with Gasteiger partial charge in [0.25, 0.3) is 7.82 Å². The summed E-state index contributed by atoms with van der Waals surface area (Å²) in [6.07, 6.45) is 2.32. The Morgan fingerprint density at radius 1 is 1.15 bits per heavy atom. The van der Waals surface area contributed by atoms with Crippen molar-refractivity contribution in [3.63, 3.8) is 0 Å². The van der Waals surface area contributed by atoms with Crippen molar-refractivity contribution in [1.82, 2.24) is 0 Å². The molecule has 0 aliphatic rings. The minimum absolute atomic E-state index is 0. The van der Waals surface area contributed by atoms with E-state index in [0.717, 1.165) is 12.8 Å². The van der Waals surface area contributed by atoms with E-state index in [2.05, 4.69) is 9.05 Å². The van der Waals surface area contributed by atoms with Crippen molar-refractivity contribution in [3.05, 3.63) is 0 Å². The van der Waals surface area contributed by atoms with Crippen LogP contribution in [0, 0.1) is 0 Å². The standard InChI is InChI=1S/C7H17O4P.Ni/c1-3-5-7-11-12(8,9)10-6-4-2;/h3-7H2,1-2H3,(H,8,9);/q;+1/p-1. The van der Waals surface area contributed by atoms with Gasteiger partial charge in [0.15, 0.2) is 0 Å². The third-order valence-electron chi connectivity index (χ3n) is 1.20. The smallest absolute Gasteiger partial charge is 0.756 e. The van der Waals surface area contributed by atoms with E-state index >= 15 is 0 Å². The van der Waals surface area contributed by atoms with Crippen molar-refractivity contribution in [2.75, 3.05) is 13.2 Å². The Bertz CT molecular complexity index is 153. The summed E-state index contributed by atoms with van der Waals surface area (Å²) in [4.78, 5) is 10.8. The molecule has 0 aromatic carbocycles. The van der Waals surface area contributed by atoms with Crippen LogP contribution in [0.4, 0.5) is 0 Å². The summed E-state index contributed by atoms with van der Waals surface area (Å²) in [6, 6.07) is 0. The van der Waals surface area contributed by atoms with E-state index in [1.54, 1.807) is 0 Å². The van der Waals surface area contributed by atoms with Gasteiger partial charge in [0.2, 0.25) is 0 Å². The summed E-state index contributed by atoms with van der Waals surface area (Å²) >= 11 is 0. The molecule has 0 N–H and O–H groups in total. The van der Waals surface area contributed by atoms with E-state index in [-0.39, 0.29) is 29.7 Å². The van der Waals surface area contributed by atoms with Gasteiger partial charge in [-0.1, -0.05) is 20.3 Å². The number of phosphoric acid groups is 1. The second-order valence-electron chi connectivity index (χ2n) is 2.47. The Kier molecular flexibility index (Phi) is 11.3. The van der Waals surface area contributed by atoms with Gasteiger partial charge in [0.05, 0.1) is 13.2 Å². The average molecular weight is 254 g/mol. The molecule has 0 aliphatic carbocycles. The SMILES string of the molecule is CCCCOP(=O)([O-])OCCC.[Ni+]. The summed E-state index contributed by atoms with van der Waals surface area (Å²) in [5.41, 5.74) is 0. The molecule has 0 aromatic heterocycles. The second-order valence-corrected chi connectivity index (χ2v) is 3.88. The molecule has 0 heterocycles. The molecule has 0 rings (SSSR count). The zero-order valence-corrected chi connectivity index (χ0v) is 9.81. The van der Waals surface area contributed by atoms with Crippen molar-refractivity contribution in [2.24, 2.45) is 0 Å². The first-order valence-corrected chi connectivity index (χ1v) is 5.68. The zero-order valence-electron chi connectivity index (χ0n) is 7.93. The van der Waals surface area contributed by atoms with Gasteiger partial charge < -0.3 is 13.9 Å². The van der Waals surface area contributed by atoms with Gasteiger partial charge in [-0.05, 0) is 12.8 Å². The maximum atomic E-state index is 10.8. The normalized spacial score (nSPS) is 14.7. The van der Waals surface area contributed by atoms with E-state index in [9.17, 15) is 9.46 Å². The molecule has 1 radical (unpaired) electrons. The quantitative estimate of drug-likeness (QED) is 0.394. The van der Waals surface area contributed by atoms with Crippen LogP contribution in [0.3, 0.4) is 0 Å². The van der Waals surface area contributed by atoms with Gasteiger partial charge in [-0.25, -0.2) is 0 Å². The first-order chi connectivity index (χ1) is 5.62. The monoisotopic (exact) mass is 253 g/mol. The van der Waals surface area contributed by atoms with E-state index in [0.29, 0.717) is 6.42 Å². The predicted molar refractivity (Wildman–Crippen MR) is 44.7 cm³/mol. The maximum absolute atomic E-state index is 10.8. The van der Waals surface area contributed by atoms with Crippen molar-refractivity contribution >= 4 is 7.82 Å². The molecule has 0 bridgehead atoms. The van der Waals surface area contributed by atoms with Gasteiger partial charge in [-0.3, -0.25) is 4.57 Å². The van der Waals surface area contributed by atoms with Gasteiger partial charge in [0.1, 0.15) is 0 Å². The van der Waals surface area contributed by atoms with Gasteiger partial charge in [0, 0.05) is 0 Å². The molecule has 0 aliphatic heterocycles. The van der Waals surface area contributed by atoms with Gasteiger partial charge in [-0.2, -0.15) is 0 Å². The summed E-state index contributed by atoms with van der Waals surface area (Å²) < 4.78 is 19.9. The molecule has 0 saturated carbocycles. The van der Waals surface area contributed by atoms with Crippen molar-refractivity contribution in [1.29, 1.82) is 0 Å². The van der Waals surface area contributed by atoms with Crippen LogP contribution in [-0.2, 0) is 30.1 Å². The molecule has 0 fully saturated rings. The number of unbranched alkanes of at least 4 members (excludes halogenated alkanes) is 1. The summed E-state index contributed by atoms with van der Waals surface area (Å²) in [5.74, 6) is 0. The minimum Gasteiger partial charge on any atom is -0.756 e. The molecule has 6 heteroatoms. The molecule has 4 nitrogen and oxygen atoms in total. The number of hydrogen-bond acceptors (Lipinski definition) is 4. The van der Waals surface area contributed by atoms with Crippen LogP contribution in [0.25, 0.3) is 0 Å². The molecule has 83 valence electrons. The average Bonchev–Trinajstić information content (AvgIpc) is 2.01. The molecule has 1 atom stereocenters. The molecule has 0 saturated heterocycles. The number of rotatable bonds is 7. The fourth-order valence-corrected chi connectivity index (χ4v) is 1.39. The van der Waals surface area contributed by atoms with Gasteiger partial charge in [-0.15, -0.1) is 0 Å². The first-order valence-electron chi connectivity index (χ1n) is 4.22. The Morgan fingerprint density at radius 2 is 1.69 bits per heavy atom. The summed E-state index contributed by atoms with van der Waals surface area (Å²) in [5, 5.41) is 0. The maximum Gasteiger partial charge on any atom is 1.00 e. The minimum atomic E-state index is -3.99. The largest absolute Gasteiger partial charge is 1.00 e. The van der Waals surface area contributed by atoms with Crippen LogP contribution in [0.5, 0.6) is 0 Å². The summed E-state index contributed by atoms with van der Waals surface area (Å²) in [6.45, 7) is 4.23. The fraction of sp³-hybridized carbons (Fsp3) is 1.00. The van der Waals surface area contributed by atoms with Crippen LogP contribution in [0.15, 0.2) is 0 Å². The molecule has 13 heavy (non-hydrogen) atoms. The van der Waals surface area contributed by atoms with Crippen LogP contribution < -0.4 is 4.89 Å². The second kappa shape index (κ2) is 9.17. The summed E-state index contributed by atoms with van der Waals surface area (Å²) in [7, 11) is -3.99.